The van der Waals surface area contributed by atoms with Crippen molar-refractivity contribution >= 4 is 21.8 Å². The van der Waals surface area contributed by atoms with Gasteiger partial charge in [-0.15, -0.1) is 0 Å². The molecule has 0 atom stereocenters. The largest absolute Gasteiger partial charge is 0.489 e. The molecule has 0 saturated heterocycles. The van der Waals surface area contributed by atoms with Gasteiger partial charge in [-0.3, -0.25) is 5.41 Å². The van der Waals surface area contributed by atoms with Crippen LogP contribution in [0.15, 0.2) is 40.9 Å². The molecule has 104 valence electrons. The average Bonchev–Trinajstić information content (AvgIpc) is 2.39. The predicted octanol–water partition coefficient (Wildman–Crippen LogP) is 3.76. The lowest BCUT2D eigenvalue weighted by Crippen LogP contribution is -2.11. The summed E-state index contributed by atoms with van der Waals surface area (Å²) >= 11 is 3.30. The molecule has 0 bridgehead atoms. The highest BCUT2D eigenvalue weighted by Gasteiger charge is 2.06. The van der Waals surface area contributed by atoms with Gasteiger partial charge < -0.3 is 10.5 Å². The number of amidine groups is 1. The van der Waals surface area contributed by atoms with Crippen molar-refractivity contribution in [2.24, 2.45) is 5.73 Å². The fourth-order valence-electron chi connectivity index (χ4n) is 1.72. The van der Waals surface area contributed by atoms with E-state index in [4.69, 9.17) is 15.9 Å². The van der Waals surface area contributed by atoms with Crippen LogP contribution in [-0.2, 0) is 6.61 Å². The maximum atomic E-state index is 13.0. The van der Waals surface area contributed by atoms with Crippen LogP contribution in [0, 0.1) is 18.2 Å². The number of aryl methyl sites for hydroxylation is 1. The molecular formula is C15H14BrFN2O. The van der Waals surface area contributed by atoms with Gasteiger partial charge in [0.05, 0.1) is 0 Å². The lowest BCUT2D eigenvalue weighted by molar-refractivity contribution is 0.303. The van der Waals surface area contributed by atoms with Crippen molar-refractivity contribution < 1.29 is 9.13 Å². The van der Waals surface area contributed by atoms with Crippen molar-refractivity contribution in [3.63, 3.8) is 0 Å². The van der Waals surface area contributed by atoms with E-state index in [1.807, 2.05) is 13.0 Å². The number of nitrogens with one attached hydrogen (secondary N) is 1. The van der Waals surface area contributed by atoms with Crippen molar-refractivity contribution in [2.45, 2.75) is 13.5 Å². The summed E-state index contributed by atoms with van der Waals surface area (Å²) in [5.74, 6) is 0.363. The standard InChI is InChI=1S/C15H14BrFN2O/c1-9-2-3-10(15(18)19)6-14(9)20-8-11-4-5-12(17)7-13(11)16/h2-7H,8H2,1H3,(H3,18,19). The Hall–Kier alpha value is -1.88. The first-order chi connectivity index (χ1) is 9.47. The SMILES string of the molecule is Cc1ccc(C(=N)N)cc1OCc1ccc(F)cc1Br. The normalized spacial score (nSPS) is 10.3. The predicted molar refractivity (Wildman–Crippen MR) is 80.6 cm³/mol. The maximum Gasteiger partial charge on any atom is 0.124 e. The van der Waals surface area contributed by atoms with Gasteiger partial charge in [-0.2, -0.15) is 0 Å². The second-order valence-electron chi connectivity index (χ2n) is 4.42. The molecule has 0 fully saturated rings. The minimum Gasteiger partial charge on any atom is -0.489 e. The molecule has 20 heavy (non-hydrogen) atoms. The van der Waals surface area contributed by atoms with E-state index in [2.05, 4.69) is 15.9 Å². The maximum absolute atomic E-state index is 13.0. The topological polar surface area (TPSA) is 59.1 Å². The van der Waals surface area contributed by atoms with Crippen LogP contribution in [0.2, 0.25) is 0 Å². The lowest BCUT2D eigenvalue weighted by atomic mass is 10.1. The minimum absolute atomic E-state index is 0.00203. The Morgan fingerprint density at radius 3 is 2.70 bits per heavy atom. The highest BCUT2D eigenvalue weighted by Crippen LogP contribution is 2.23. The van der Waals surface area contributed by atoms with E-state index in [1.54, 1.807) is 18.2 Å². The van der Waals surface area contributed by atoms with E-state index in [9.17, 15) is 4.39 Å². The molecule has 0 aliphatic carbocycles. The number of hydrogen-bond acceptors (Lipinski definition) is 2. The molecule has 3 nitrogen and oxygen atoms in total. The molecule has 3 N–H and O–H groups in total. The molecule has 0 aliphatic rings. The molecule has 2 aromatic carbocycles. The molecule has 2 aromatic rings. The molecule has 0 aromatic heterocycles. The lowest BCUT2D eigenvalue weighted by Gasteiger charge is -2.11. The summed E-state index contributed by atoms with van der Waals surface area (Å²) in [4.78, 5) is 0. The zero-order chi connectivity index (χ0) is 14.7. The van der Waals surface area contributed by atoms with Gasteiger partial charge in [0.1, 0.15) is 24.0 Å². The Morgan fingerprint density at radius 1 is 1.30 bits per heavy atom. The van der Waals surface area contributed by atoms with Gasteiger partial charge in [-0.1, -0.05) is 34.1 Å². The van der Waals surface area contributed by atoms with Crippen molar-refractivity contribution in [3.05, 3.63) is 63.4 Å². The second kappa shape index (κ2) is 6.05. The summed E-state index contributed by atoms with van der Waals surface area (Å²) in [5, 5.41) is 7.43. The molecule has 0 saturated carbocycles. The van der Waals surface area contributed by atoms with Crippen LogP contribution < -0.4 is 10.5 Å². The summed E-state index contributed by atoms with van der Waals surface area (Å²) in [5.41, 5.74) is 7.87. The van der Waals surface area contributed by atoms with Gasteiger partial charge in [0.25, 0.3) is 0 Å². The molecule has 0 radical (unpaired) electrons. The van der Waals surface area contributed by atoms with E-state index in [0.29, 0.717) is 22.4 Å². The van der Waals surface area contributed by atoms with E-state index < -0.39 is 0 Å². The summed E-state index contributed by atoms with van der Waals surface area (Å²) in [7, 11) is 0. The monoisotopic (exact) mass is 336 g/mol. The molecule has 0 spiro atoms. The number of rotatable bonds is 4. The summed E-state index contributed by atoms with van der Waals surface area (Å²) < 4.78 is 19.4. The van der Waals surface area contributed by atoms with Gasteiger partial charge in [0, 0.05) is 15.6 Å². The molecule has 0 unspecified atom stereocenters. The van der Waals surface area contributed by atoms with E-state index in [1.165, 1.54) is 12.1 Å². The van der Waals surface area contributed by atoms with Crippen LogP contribution >= 0.6 is 15.9 Å². The fourth-order valence-corrected chi connectivity index (χ4v) is 2.18. The highest BCUT2D eigenvalue weighted by molar-refractivity contribution is 9.10. The van der Waals surface area contributed by atoms with Crippen molar-refractivity contribution in [1.29, 1.82) is 5.41 Å². The minimum atomic E-state index is -0.296. The van der Waals surface area contributed by atoms with Gasteiger partial charge in [-0.25, -0.2) is 4.39 Å². The van der Waals surface area contributed by atoms with Crippen LogP contribution in [0.4, 0.5) is 4.39 Å². The van der Waals surface area contributed by atoms with Crippen LogP contribution in [0.3, 0.4) is 0 Å². The summed E-state index contributed by atoms with van der Waals surface area (Å²) in [6, 6.07) is 9.82. The first-order valence-electron chi connectivity index (χ1n) is 5.99. The molecule has 0 heterocycles. The van der Waals surface area contributed by atoms with Crippen molar-refractivity contribution in [1.82, 2.24) is 0 Å². The van der Waals surface area contributed by atoms with Crippen LogP contribution in [0.5, 0.6) is 5.75 Å². The van der Waals surface area contributed by atoms with E-state index in [0.717, 1.165) is 11.1 Å². The Bertz CT molecular complexity index is 658. The molecular weight excluding hydrogens is 323 g/mol. The van der Waals surface area contributed by atoms with Gasteiger partial charge >= 0.3 is 0 Å². The Kier molecular flexibility index (Phi) is 4.39. The zero-order valence-corrected chi connectivity index (χ0v) is 12.5. The quantitative estimate of drug-likeness (QED) is 0.659. The fraction of sp³-hybridized carbons (Fsp3) is 0.133. The average molecular weight is 337 g/mol. The number of nitrogens with two attached hydrogens (primary N) is 1. The van der Waals surface area contributed by atoms with Crippen molar-refractivity contribution in [2.75, 3.05) is 0 Å². The molecule has 5 heteroatoms. The number of nitrogen functional groups attached to an aromatic ring is 1. The molecule has 0 amide bonds. The third-order valence-electron chi connectivity index (χ3n) is 2.90. The van der Waals surface area contributed by atoms with Gasteiger partial charge in [-0.05, 0) is 30.7 Å². The van der Waals surface area contributed by atoms with Crippen LogP contribution in [-0.4, -0.2) is 5.84 Å². The third-order valence-corrected chi connectivity index (χ3v) is 3.64. The first kappa shape index (κ1) is 14.5. The number of hydrogen-bond donors (Lipinski definition) is 2. The second-order valence-corrected chi connectivity index (χ2v) is 5.27. The Morgan fingerprint density at radius 2 is 2.05 bits per heavy atom. The number of benzene rings is 2. The third kappa shape index (κ3) is 3.36. The summed E-state index contributed by atoms with van der Waals surface area (Å²) in [6.07, 6.45) is 0. The van der Waals surface area contributed by atoms with Gasteiger partial charge in [0.15, 0.2) is 0 Å². The van der Waals surface area contributed by atoms with E-state index in [-0.39, 0.29) is 11.7 Å². The van der Waals surface area contributed by atoms with E-state index >= 15 is 0 Å². The number of ether oxygens (including phenoxy) is 1. The number of halogens is 2. The Labute approximate surface area is 125 Å². The van der Waals surface area contributed by atoms with Crippen LogP contribution in [0.25, 0.3) is 0 Å². The smallest absolute Gasteiger partial charge is 0.124 e. The highest BCUT2D eigenvalue weighted by atomic mass is 79.9. The zero-order valence-electron chi connectivity index (χ0n) is 10.9. The van der Waals surface area contributed by atoms with Crippen LogP contribution in [0.1, 0.15) is 16.7 Å². The summed E-state index contributed by atoms with van der Waals surface area (Å²) in [6.45, 7) is 2.22. The van der Waals surface area contributed by atoms with Crippen molar-refractivity contribution in [3.8, 4) is 5.75 Å². The first-order valence-corrected chi connectivity index (χ1v) is 6.78. The molecule has 2 rings (SSSR count). The molecule has 0 aliphatic heterocycles. The Balaban J connectivity index is 2.18. The van der Waals surface area contributed by atoms with Gasteiger partial charge in [0.2, 0.25) is 0 Å².